The number of rotatable bonds is 10. The van der Waals surface area contributed by atoms with Gasteiger partial charge in [-0.2, -0.15) is 0 Å². The third-order valence-electron chi connectivity index (χ3n) is 3.83. The molecule has 1 aromatic carbocycles. The molecule has 0 heterocycles. The highest BCUT2D eigenvalue weighted by molar-refractivity contribution is 6.02. The molecule has 0 bridgehead atoms. The molecular formula is C20H26O6. The molecule has 6 heteroatoms. The van der Waals surface area contributed by atoms with E-state index in [1.165, 1.54) is 14.0 Å². The molecule has 0 amide bonds. The smallest absolute Gasteiger partial charge is 0.334 e. The van der Waals surface area contributed by atoms with E-state index in [2.05, 4.69) is 6.58 Å². The molecule has 0 aliphatic carbocycles. The molecule has 2 atom stereocenters. The normalized spacial score (nSPS) is 12.6. The Balaban J connectivity index is 3.39. The lowest BCUT2D eigenvalue weighted by atomic mass is 9.79. The van der Waals surface area contributed by atoms with Crippen LogP contribution in [0.4, 0.5) is 0 Å². The summed E-state index contributed by atoms with van der Waals surface area (Å²) in [6.45, 7) is 9.41. The van der Waals surface area contributed by atoms with Crippen molar-refractivity contribution in [1.82, 2.24) is 0 Å². The quantitative estimate of drug-likeness (QED) is 0.362. The molecule has 0 radical (unpaired) electrons. The van der Waals surface area contributed by atoms with Crippen molar-refractivity contribution < 1.29 is 28.6 Å². The summed E-state index contributed by atoms with van der Waals surface area (Å²) in [7, 11) is 1.20. The van der Waals surface area contributed by atoms with Gasteiger partial charge in [-0.25, -0.2) is 4.79 Å². The van der Waals surface area contributed by atoms with Crippen LogP contribution < -0.4 is 4.74 Å². The van der Waals surface area contributed by atoms with E-state index in [1.807, 2.05) is 6.92 Å². The summed E-state index contributed by atoms with van der Waals surface area (Å²) in [4.78, 5) is 36.7. The van der Waals surface area contributed by atoms with Gasteiger partial charge in [0, 0.05) is 11.5 Å². The van der Waals surface area contributed by atoms with Crippen molar-refractivity contribution in [1.29, 1.82) is 0 Å². The Bertz CT molecular complexity index is 664. The second-order valence-electron chi connectivity index (χ2n) is 5.76. The summed E-state index contributed by atoms with van der Waals surface area (Å²) in [6, 6.07) is 6.92. The highest BCUT2D eigenvalue weighted by atomic mass is 16.5. The largest absolute Gasteiger partial charge is 0.494 e. The minimum atomic E-state index is -1.20. The third-order valence-corrected chi connectivity index (χ3v) is 3.83. The minimum absolute atomic E-state index is 0.0186. The molecule has 0 aliphatic rings. The highest BCUT2D eigenvalue weighted by Crippen LogP contribution is 2.35. The van der Waals surface area contributed by atoms with Crippen molar-refractivity contribution in [3.05, 3.63) is 42.0 Å². The number of ketones is 1. The maximum Gasteiger partial charge on any atom is 0.334 e. The van der Waals surface area contributed by atoms with Crippen LogP contribution in [0.25, 0.3) is 0 Å². The molecule has 0 aliphatic heterocycles. The lowest BCUT2D eigenvalue weighted by Gasteiger charge is -2.25. The van der Waals surface area contributed by atoms with Crippen molar-refractivity contribution in [3.63, 3.8) is 0 Å². The number of carbonyl (C=O) groups excluding carboxylic acids is 3. The number of ether oxygens (including phenoxy) is 3. The summed E-state index contributed by atoms with van der Waals surface area (Å²) >= 11 is 0. The molecule has 0 spiro atoms. The Labute approximate surface area is 154 Å². The van der Waals surface area contributed by atoms with Crippen LogP contribution in [0.1, 0.15) is 38.7 Å². The summed E-state index contributed by atoms with van der Waals surface area (Å²) in [5.74, 6) is -3.33. The van der Waals surface area contributed by atoms with Gasteiger partial charge in [-0.1, -0.05) is 25.6 Å². The van der Waals surface area contributed by atoms with Gasteiger partial charge in [-0.05, 0) is 38.0 Å². The Kier molecular flexibility index (Phi) is 8.55. The van der Waals surface area contributed by atoms with Gasteiger partial charge in [0.25, 0.3) is 0 Å². The van der Waals surface area contributed by atoms with Crippen LogP contribution in [0.2, 0.25) is 0 Å². The van der Waals surface area contributed by atoms with Gasteiger partial charge >= 0.3 is 11.9 Å². The number of Topliss-reactive ketones (excluding diaryl/α,β-unsaturated/α-hetero) is 1. The lowest BCUT2D eigenvalue weighted by molar-refractivity contribution is -0.149. The monoisotopic (exact) mass is 362 g/mol. The number of hydrogen-bond donors (Lipinski definition) is 0. The summed E-state index contributed by atoms with van der Waals surface area (Å²) in [5.41, 5.74) is 0.576. The van der Waals surface area contributed by atoms with Crippen molar-refractivity contribution in [2.75, 3.05) is 20.3 Å². The van der Waals surface area contributed by atoms with Crippen molar-refractivity contribution in [2.45, 2.75) is 33.1 Å². The molecule has 0 saturated carbocycles. The first-order chi connectivity index (χ1) is 12.4. The fourth-order valence-electron chi connectivity index (χ4n) is 2.63. The Morgan fingerprint density at radius 3 is 2.42 bits per heavy atom. The molecule has 6 nitrogen and oxygen atoms in total. The average Bonchev–Trinajstić information content (AvgIpc) is 2.63. The van der Waals surface area contributed by atoms with E-state index < -0.39 is 29.6 Å². The zero-order valence-electron chi connectivity index (χ0n) is 15.7. The fraction of sp³-hybridized carbons (Fsp3) is 0.450. The Morgan fingerprint density at radius 1 is 1.19 bits per heavy atom. The molecule has 1 rings (SSSR count). The van der Waals surface area contributed by atoms with Gasteiger partial charge in [0.05, 0.1) is 20.3 Å². The van der Waals surface area contributed by atoms with E-state index in [1.54, 1.807) is 31.2 Å². The zero-order chi connectivity index (χ0) is 19.7. The number of hydrogen-bond acceptors (Lipinski definition) is 6. The molecule has 1 aromatic rings. The predicted molar refractivity (Wildman–Crippen MR) is 96.9 cm³/mol. The van der Waals surface area contributed by atoms with E-state index in [-0.39, 0.29) is 12.2 Å². The molecule has 0 N–H and O–H groups in total. The van der Waals surface area contributed by atoms with Crippen LogP contribution >= 0.6 is 0 Å². The second-order valence-corrected chi connectivity index (χ2v) is 5.76. The average molecular weight is 362 g/mol. The van der Waals surface area contributed by atoms with E-state index >= 15 is 0 Å². The number of methoxy groups -OCH3 is 1. The molecule has 142 valence electrons. The molecule has 26 heavy (non-hydrogen) atoms. The van der Waals surface area contributed by atoms with Crippen molar-refractivity contribution >= 4 is 17.7 Å². The van der Waals surface area contributed by atoms with Crippen LogP contribution in [0.3, 0.4) is 0 Å². The molecule has 2 unspecified atom stereocenters. The first-order valence-corrected chi connectivity index (χ1v) is 8.54. The lowest BCUT2D eigenvalue weighted by Crippen LogP contribution is -2.32. The number of esters is 2. The third kappa shape index (κ3) is 5.44. The SMILES string of the molecule is C=C(C(=O)OCC)C(c1cccc(OCCC)c1)C(C(C)=O)C(=O)OC. The van der Waals surface area contributed by atoms with Crippen LogP contribution in [-0.4, -0.2) is 38.0 Å². The van der Waals surface area contributed by atoms with Gasteiger partial charge in [0.15, 0.2) is 0 Å². The van der Waals surface area contributed by atoms with Crippen LogP contribution in [0.5, 0.6) is 5.75 Å². The summed E-state index contributed by atoms with van der Waals surface area (Å²) < 4.78 is 15.4. The first kappa shape index (κ1) is 21.4. The van der Waals surface area contributed by atoms with E-state index in [0.717, 1.165) is 6.42 Å². The van der Waals surface area contributed by atoms with Gasteiger partial charge < -0.3 is 14.2 Å². The molecular weight excluding hydrogens is 336 g/mol. The second kappa shape index (κ2) is 10.4. The summed E-state index contributed by atoms with van der Waals surface area (Å²) in [5, 5.41) is 0. The van der Waals surface area contributed by atoms with Crippen molar-refractivity contribution in [3.8, 4) is 5.75 Å². The minimum Gasteiger partial charge on any atom is -0.494 e. The van der Waals surface area contributed by atoms with Gasteiger partial charge in [-0.3, -0.25) is 9.59 Å². The number of benzene rings is 1. The highest BCUT2D eigenvalue weighted by Gasteiger charge is 2.38. The predicted octanol–water partition coefficient (Wildman–Crippen LogP) is 3.06. The maximum absolute atomic E-state index is 12.2. The van der Waals surface area contributed by atoms with Gasteiger partial charge in [0.2, 0.25) is 0 Å². The zero-order valence-corrected chi connectivity index (χ0v) is 15.7. The van der Waals surface area contributed by atoms with Crippen LogP contribution in [0.15, 0.2) is 36.4 Å². The van der Waals surface area contributed by atoms with Crippen molar-refractivity contribution in [2.24, 2.45) is 5.92 Å². The topological polar surface area (TPSA) is 78.9 Å². The molecule has 0 aromatic heterocycles. The van der Waals surface area contributed by atoms with E-state index in [9.17, 15) is 14.4 Å². The van der Waals surface area contributed by atoms with E-state index in [4.69, 9.17) is 14.2 Å². The Hall–Kier alpha value is -2.63. The molecule has 0 saturated heterocycles. The van der Waals surface area contributed by atoms with Crippen LogP contribution in [-0.2, 0) is 23.9 Å². The van der Waals surface area contributed by atoms with Gasteiger partial charge in [-0.15, -0.1) is 0 Å². The standard InChI is InChI=1S/C20H26O6/c1-6-11-26-16-10-8-9-15(12-16)17(13(3)19(22)25-7-2)18(14(4)21)20(23)24-5/h8-10,12,17-18H,3,6-7,11H2,1-2,4-5H3. The fourth-order valence-corrected chi connectivity index (χ4v) is 2.63. The van der Waals surface area contributed by atoms with Gasteiger partial charge in [0.1, 0.15) is 17.5 Å². The van der Waals surface area contributed by atoms with Crippen LogP contribution in [0, 0.1) is 5.92 Å². The maximum atomic E-state index is 12.2. The van der Waals surface area contributed by atoms with E-state index in [0.29, 0.717) is 17.9 Å². The molecule has 0 fully saturated rings. The number of carbonyl (C=O) groups is 3. The first-order valence-electron chi connectivity index (χ1n) is 8.54. The summed E-state index contributed by atoms with van der Waals surface area (Å²) in [6.07, 6.45) is 0.835. The Morgan fingerprint density at radius 2 is 1.88 bits per heavy atom.